The number of phenolic OH excluding ortho intramolecular Hbond substituents is 1. The van der Waals surface area contributed by atoms with Crippen LogP contribution in [0.2, 0.25) is 5.02 Å². The lowest BCUT2D eigenvalue weighted by Crippen LogP contribution is -2.15. The Hall–Kier alpha value is -3.04. The molecule has 6 nitrogen and oxygen atoms in total. The molecule has 4 rings (SSSR count). The summed E-state index contributed by atoms with van der Waals surface area (Å²) in [5.41, 5.74) is 0.763. The van der Waals surface area contributed by atoms with Crippen LogP contribution in [0.1, 0.15) is 0 Å². The summed E-state index contributed by atoms with van der Waals surface area (Å²) in [5, 5.41) is 18.2. The third kappa shape index (κ3) is 2.88. The molecule has 2 heterocycles. The fourth-order valence-electron chi connectivity index (χ4n) is 2.90. The van der Waals surface area contributed by atoms with Crippen molar-refractivity contribution in [3.63, 3.8) is 0 Å². The molecule has 0 saturated carbocycles. The second kappa shape index (κ2) is 6.54. The third-order valence-electron chi connectivity index (χ3n) is 4.11. The average Bonchev–Trinajstić information content (AvgIpc) is 3.04. The van der Waals surface area contributed by atoms with Crippen LogP contribution in [-0.2, 0) is 10.0 Å². The topological polar surface area (TPSA) is 85.1 Å². The number of halogens is 3. The minimum absolute atomic E-state index is 0.163. The van der Waals surface area contributed by atoms with Gasteiger partial charge >= 0.3 is 0 Å². The molecule has 0 saturated heterocycles. The second-order valence-corrected chi connectivity index (χ2v) is 8.06. The third-order valence-corrected chi connectivity index (χ3v) is 6.09. The molecular weight excluding hydrogens is 412 g/mol. The SMILES string of the molecule is O=S(=O)(c1cc(F)cc(F)c1O)n1c(-c2ccnnc2)cc2cc(Cl)ccc21. The predicted octanol–water partition coefficient (Wildman–Crippen LogP) is 3.97. The normalized spacial score (nSPS) is 11.8. The molecule has 10 heteroatoms. The Morgan fingerprint density at radius 1 is 1.04 bits per heavy atom. The van der Waals surface area contributed by atoms with Gasteiger partial charge in [0.05, 0.1) is 23.6 Å². The number of fused-ring (bicyclic) bond motifs is 1. The van der Waals surface area contributed by atoms with Gasteiger partial charge in [-0.3, -0.25) is 0 Å². The van der Waals surface area contributed by atoms with Crippen LogP contribution in [0.25, 0.3) is 22.2 Å². The first kappa shape index (κ1) is 18.3. The highest BCUT2D eigenvalue weighted by Crippen LogP contribution is 2.36. The lowest BCUT2D eigenvalue weighted by molar-refractivity contribution is 0.411. The molecule has 0 amide bonds. The molecule has 4 aromatic rings. The molecule has 142 valence electrons. The molecule has 0 radical (unpaired) electrons. The van der Waals surface area contributed by atoms with Crippen molar-refractivity contribution in [2.24, 2.45) is 0 Å². The highest BCUT2D eigenvalue weighted by Gasteiger charge is 2.29. The second-order valence-electron chi connectivity index (χ2n) is 5.87. The van der Waals surface area contributed by atoms with Gasteiger partial charge in [-0.05, 0) is 36.4 Å². The van der Waals surface area contributed by atoms with Gasteiger partial charge in [-0.1, -0.05) is 11.6 Å². The van der Waals surface area contributed by atoms with Crippen molar-refractivity contribution in [2.75, 3.05) is 0 Å². The maximum Gasteiger partial charge on any atom is 0.272 e. The van der Waals surface area contributed by atoms with Gasteiger partial charge in [-0.2, -0.15) is 10.2 Å². The van der Waals surface area contributed by atoms with Gasteiger partial charge in [0.1, 0.15) is 10.7 Å². The fourth-order valence-corrected chi connectivity index (χ4v) is 4.72. The monoisotopic (exact) mass is 421 g/mol. The summed E-state index contributed by atoms with van der Waals surface area (Å²) in [4.78, 5) is -0.902. The van der Waals surface area contributed by atoms with Gasteiger partial charge in [-0.25, -0.2) is 21.2 Å². The zero-order chi connectivity index (χ0) is 20.1. The lowest BCUT2D eigenvalue weighted by atomic mass is 10.2. The van der Waals surface area contributed by atoms with E-state index in [4.69, 9.17) is 11.6 Å². The maximum atomic E-state index is 13.8. The van der Waals surface area contributed by atoms with Gasteiger partial charge in [0.25, 0.3) is 10.0 Å². The molecule has 2 aromatic heterocycles. The number of phenols is 1. The van der Waals surface area contributed by atoms with E-state index in [1.54, 1.807) is 12.1 Å². The standard InChI is InChI=1S/C18H10ClF2N3O3S/c19-12-1-2-15-11(5-12)6-16(10-3-4-22-23-9-10)24(15)28(26,27)17-8-13(20)7-14(21)18(17)25/h1-9,25H. The van der Waals surface area contributed by atoms with Crippen molar-refractivity contribution in [3.05, 3.63) is 71.5 Å². The van der Waals surface area contributed by atoms with Crippen molar-refractivity contribution in [1.29, 1.82) is 0 Å². The van der Waals surface area contributed by atoms with E-state index >= 15 is 0 Å². The highest BCUT2D eigenvalue weighted by molar-refractivity contribution is 7.90. The number of hydrogen-bond donors (Lipinski definition) is 1. The van der Waals surface area contributed by atoms with Crippen molar-refractivity contribution in [2.45, 2.75) is 4.90 Å². The van der Waals surface area contributed by atoms with E-state index in [9.17, 15) is 22.3 Å². The number of hydrogen-bond acceptors (Lipinski definition) is 5. The largest absolute Gasteiger partial charge is 0.504 e. The van der Waals surface area contributed by atoms with Crippen molar-refractivity contribution < 1.29 is 22.3 Å². The summed E-state index contributed by atoms with van der Waals surface area (Å²) in [7, 11) is -4.59. The van der Waals surface area contributed by atoms with Gasteiger partial charge in [-0.15, -0.1) is 0 Å². The van der Waals surface area contributed by atoms with E-state index in [2.05, 4.69) is 10.2 Å². The van der Waals surface area contributed by atoms with Crippen molar-refractivity contribution in [1.82, 2.24) is 14.2 Å². The molecular formula is C18H10ClF2N3O3S. The predicted molar refractivity (Wildman–Crippen MR) is 98.6 cm³/mol. The van der Waals surface area contributed by atoms with Crippen LogP contribution in [-0.4, -0.2) is 27.7 Å². The van der Waals surface area contributed by atoms with Crippen LogP contribution < -0.4 is 0 Å². The molecule has 0 unspecified atom stereocenters. The van der Waals surface area contributed by atoms with Crippen LogP contribution in [0.15, 0.2) is 59.8 Å². The number of nitrogens with zero attached hydrogens (tertiary/aromatic N) is 3. The van der Waals surface area contributed by atoms with E-state index in [1.807, 2.05) is 0 Å². The van der Waals surface area contributed by atoms with Crippen LogP contribution in [0.4, 0.5) is 8.78 Å². The highest BCUT2D eigenvalue weighted by atomic mass is 35.5. The molecule has 0 aliphatic carbocycles. The van der Waals surface area contributed by atoms with Crippen molar-refractivity contribution >= 4 is 32.5 Å². The van der Waals surface area contributed by atoms with Gasteiger partial charge in [0, 0.05) is 22.0 Å². The first-order valence-electron chi connectivity index (χ1n) is 7.80. The van der Waals surface area contributed by atoms with E-state index in [0.717, 1.165) is 3.97 Å². The van der Waals surface area contributed by atoms with Gasteiger partial charge in [0.2, 0.25) is 0 Å². The quantitative estimate of drug-likeness (QED) is 0.541. The fraction of sp³-hybridized carbons (Fsp3) is 0. The van der Waals surface area contributed by atoms with Gasteiger partial charge < -0.3 is 5.11 Å². The minimum atomic E-state index is -4.59. The molecule has 0 bridgehead atoms. The maximum absolute atomic E-state index is 13.8. The van der Waals surface area contributed by atoms with Crippen LogP contribution in [0.3, 0.4) is 0 Å². The number of benzene rings is 2. The summed E-state index contributed by atoms with van der Waals surface area (Å²) in [6.45, 7) is 0. The zero-order valence-corrected chi connectivity index (χ0v) is 15.4. The molecule has 0 spiro atoms. The Balaban J connectivity index is 2.11. The number of aromatic hydroxyl groups is 1. The number of aromatic nitrogens is 3. The smallest absolute Gasteiger partial charge is 0.272 e. The van der Waals surface area contributed by atoms with Crippen LogP contribution in [0.5, 0.6) is 5.75 Å². The summed E-state index contributed by atoms with van der Waals surface area (Å²) in [6, 6.07) is 8.52. The minimum Gasteiger partial charge on any atom is -0.504 e. The summed E-state index contributed by atoms with van der Waals surface area (Å²) in [5.74, 6) is -3.69. The first-order chi connectivity index (χ1) is 13.3. The number of rotatable bonds is 3. The van der Waals surface area contributed by atoms with Crippen molar-refractivity contribution in [3.8, 4) is 17.0 Å². The Morgan fingerprint density at radius 2 is 1.82 bits per heavy atom. The Bertz CT molecular complexity index is 1330. The Kier molecular flexibility index (Phi) is 4.28. The molecule has 0 aliphatic rings. The molecule has 2 aromatic carbocycles. The van der Waals surface area contributed by atoms with Crippen LogP contribution in [0, 0.1) is 11.6 Å². The first-order valence-corrected chi connectivity index (χ1v) is 9.62. The summed E-state index contributed by atoms with van der Waals surface area (Å²) >= 11 is 6.00. The summed E-state index contributed by atoms with van der Waals surface area (Å²) < 4.78 is 55.0. The van der Waals surface area contributed by atoms with E-state index in [0.29, 0.717) is 28.1 Å². The summed E-state index contributed by atoms with van der Waals surface area (Å²) in [6.07, 6.45) is 2.71. The van der Waals surface area contributed by atoms with Gasteiger partial charge in [0.15, 0.2) is 11.6 Å². The van der Waals surface area contributed by atoms with Crippen LogP contribution >= 0.6 is 11.6 Å². The molecule has 0 aliphatic heterocycles. The lowest BCUT2D eigenvalue weighted by Gasteiger charge is -2.13. The molecule has 0 atom stereocenters. The Labute approximate surface area is 162 Å². The average molecular weight is 422 g/mol. The Morgan fingerprint density at radius 3 is 2.54 bits per heavy atom. The zero-order valence-electron chi connectivity index (χ0n) is 13.8. The van der Waals surface area contributed by atoms with E-state index < -0.39 is 32.3 Å². The molecule has 0 fully saturated rings. The molecule has 28 heavy (non-hydrogen) atoms. The van der Waals surface area contributed by atoms with E-state index in [-0.39, 0.29) is 11.2 Å². The van der Waals surface area contributed by atoms with E-state index in [1.165, 1.54) is 30.6 Å². The molecule has 1 N–H and O–H groups in total.